The zero-order valence-corrected chi connectivity index (χ0v) is 11.3. The SMILES string of the molecule is Cc1ccc(O)c2c1C(C)CC2Nc1nccs1. The molecule has 0 fully saturated rings. The third-order valence-corrected chi connectivity index (χ3v) is 4.35. The Bertz CT molecular complexity index is 565. The van der Waals surface area contributed by atoms with Crippen LogP contribution in [0.15, 0.2) is 23.7 Å². The van der Waals surface area contributed by atoms with Crippen molar-refractivity contribution in [2.24, 2.45) is 0 Å². The minimum absolute atomic E-state index is 0.168. The molecular formula is C14H16N2OS. The number of aryl methyl sites for hydroxylation is 1. The number of nitrogens with zero attached hydrogens (tertiary/aromatic N) is 1. The topological polar surface area (TPSA) is 45.1 Å². The highest BCUT2D eigenvalue weighted by atomic mass is 32.1. The second kappa shape index (κ2) is 4.28. The molecule has 0 amide bonds. The smallest absolute Gasteiger partial charge is 0.183 e. The Balaban J connectivity index is 2.00. The van der Waals surface area contributed by atoms with Gasteiger partial charge in [0.05, 0.1) is 6.04 Å². The van der Waals surface area contributed by atoms with Gasteiger partial charge in [-0.2, -0.15) is 0 Å². The molecule has 1 aliphatic rings. The first-order valence-electron chi connectivity index (χ1n) is 6.15. The van der Waals surface area contributed by atoms with Gasteiger partial charge in [-0.05, 0) is 36.5 Å². The van der Waals surface area contributed by atoms with E-state index in [1.54, 1.807) is 23.6 Å². The van der Waals surface area contributed by atoms with Crippen LogP contribution >= 0.6 is 11.3 Å². The lowest BCUT2D eigenvalue weighted by Crippen LogP contribution is -2.07. The first kappa shape index (κ1) is 11.5. The van der Waals surface area contributed by atoms with Crippen LogP contribution in [-0.4, -0.2) is 10.1 Å². The molecule has 1 aromatic heterocycles. The van der Waals surface area contributed by atoms with Crippen LogP contribution in [0.2, 0.25) is 0 Å². The van der Waals surface area contributed by atoms with Crippen molar-refractivity contribution in [1.29, 1.82) is 0 Å². The van der Waals surface area contributed by atoms with Crippen molar-refractivity contribution in [3.05, 3.63) is 40.4 Å². The number of phenolic OH excluding ortho intramolecular Hbond substituents is 1. The van der Waals surface area contributed by atoms with Crippen LogP contribution in [0.1, 0.15) is 42.0 Å². The molecule has 0 aliphatic heterocycles. The first-order chi connectivity index (χ1) is 8.66. The van der Waals surface area contributed by atoms with E-state index in [2.05, 4.69) is 24.1 Å². The van der Waals surface area contributed by atoms with Gasteiger partial charge in [-0.1, -0.05) is 13.0 Å². The molecule has 94 valence electrons. The molecule has 2 N–H and O–H groups in total. The fourth-order valence-corrected chi connectivity index (χ4v) is 3.50. The number of thiazole rings is 1. The Morgan fingerprint density at radius 3 is 2.94 bits per heavy atom. The van der Waals surface area contributed by atoms with Crippen molar-refractivity contribution in [2.75, 3.05) is 5.32 Å². The van der Waals surface area contributed by atoms with Crippen molar-refractivity contribution >= 4 is 16.5 Å². The van der Waals surface area contributed by atoms with Crippen molar-refractivity contribution in [2.45, 2.75) is 32.2 Å². The van der Waals surface area contributed by atoms with Crippen LogP contribution in [0.5, 0.6) is 5.75 Å². The lowest BCUT2D eigenvalue weighted by molar-refractivity contribution is 0.465. The second-order valence-electron chi connectivity index (χ2n) is 4.90. The van der Waals surface area contributed by atoms with Crippen LogP contribution in [0.25, 0.3) is 0 Å². The molecule has 0 saturated carbocycles. The molecule has 2 atom stereocenters. The van der Waals surface area contributed by atoms with Gasteiger partial charge in [0.15, 0.2) is 5.13 Å². The molecule has 2 unspecified atom stereocenters. The van der Waals surface area contributed by atoms with Crippen LogP contribution in [0.3, 0.4) is 0 Å². The van der Waals surface area contributed by atoms with Gasteiger partial charge in [-0.15, -0.1) is 11.3 Å². The number of aromatic hydroxyl groups is 1. The molecule has 0 spiro atoms. The summed E-state index contributed by atoms with van der Waals surface area (Å²) in [7, 11) is 0. The standard InChI is InChI=1S/C14H16N2OS/c1-8-3-4-11(17)13-10(7-9(2)12(8)13)16-14-15-5-6-18-14/h3-6,9-10,17H,7H2,1-2H3,(H,15,16). The Morgan fingerprint density at radius 2 is 2.22 bits per heavy atom. The molecule has 4 heteroatoms. The lowest BCUT2D eigenvalue weighted by atomic mass is 9.97. The summed E-state index contributed by atoms with van der Waals surface area (Å²) in [6.07, 6.45) is 2.80. The average Bonchev–Trinajstić information content (AvgIpc) is 2.93. The van der Waals surface area contributed by atoms with Gasteiger partial charge in [0.1, 0.15) is 5.75 Å². The van der Waals surface area contributed by atoms with Crippen molar-refractivity contribution in [1.82, 2.24) is 4.98 Å². The average molecular weight is 260 g/mol. The molecular weight excluding hydrogens is 244 g/mol. The van der Waals surface area contributed by atoms with E-state index in [-0.39, 0.29) is 6.04 Å². The Morgan fingerprint density at radius 1 is 1.39 bits per heavy atom. The second-order valence-corrected chi connectivity index (χ2v) is 5.79. The van der Waals surface area contributed by atoms with Crippen LogP contribution in [0, 0.1) is 6.92 Å². The number of nitrogens with one attached hydrogen (secondary N) is 1. The highest BCUT2D eigenvalue weighted by molar-refractivity contribution is 7.13. The van der Waals surface area contributed by atoms with Crippen molar-refractivity contribution in [3.8, 4) is 5.75 Å². The largest absolute Gasteiger partial charge is 0.508 e. The molecule has 0 bridgehead atoms. The van der Waals surface area contributed by atoms with Gasteiger partial charge in [0.2, 0.25) is 0 Å². The van der Waals surface area contributed by atoms with E-state index < -0.39 is 0 Å². The molecule has 1 heterocycles. The summed E-state index contributed by atoms with van der Waals surface area (Å²) < 4.78 is 0. The number of hydrogen-bond acceptors (Lipinski definition) is 4. The highest BCUT2D eigenvalue weighted by Crippen LogP contribution is 2.47. The predicted octanol–water partition coefficient (Wildman–Crippen LogP) is 3.82. The number of anilines is 1. The minimum atomic E-state index is 0.168. The van der Waals surface area contributed by atoms with Crippen LogP contribution in [0.4, 0.5) is 5.13 Å². The summed E-state index contributed by atoms with van der Waals surface area (Å²) in [5.41, 5.74) is 3.61. The van der Waals surface area contributed by atoms with E-state index in [9.17, 15) is 5.11 Å². The van der Waals surface area contributed by atoms with Gasteiger partial charge in [0.25, 0.3) is 0 Å². The zero-order valence-electron chi connectivity index (χ0n) is 10.5. The molecule has 2 aromatic rings. The third kappa shape index (κ3) is 1.77. The molecule has 1 aliphatic carbocycles. The van der Waals surface area contributed by atoms with Crippen molar-refractivity contribution < 1.29 is 5.11 Å². The fraction of sp³-hybridized carbons (Fsp3) is 0.357. The number of phenols is 1. The van der Waals surface area contributed by atoms with E-state index in [0.717, 1.165) is 17.1 Å². The molecule has 18 heavy (non-hydrogen) atoms. The highest BCUT2D eigenvalue weighted by Gasteiger charge is 2.32. The quantitative estimate of drug-likeness (QED) is 0.863. The molecule has 3 rings (SSSR count). The van der Waals surface area contributed by atoms with Gasteiger partial charge >= 0.3 is 0 Å². The number of aromatic nitrogens is 1. The molecule has 1 aromatic carbocycles. The van der Waals surface area contributed by atoms with E-state index in [1.807, 2.05) is 11.4 Å². The van der Waals surface area contributed by atoms with Crippen LogP contribution in [-0.2, 0) is 0 Å². The normalized spacial score (nSPS) is 21.9. The Labute approximate surface area is 111 Å². The summed E-state index contributed by atoms with van der Waals surface area (Å²) in [5.74, 6) is 0.874. The number of rotatable bonds is 2. The minimum Gasteiger partial charge on any atom is -0.508 e. The summed E-state index contributed by atoms with van der Waals surface area (Å²) >= 11 is 1.59. The first-order valence-corrected chi connectivity index (χ1v) is 7.03. The Hall–Kier alpha value is -1.55. The number of fused-ring (bicyclic) bond motifs is 1. The molecule has 0 saturated heterocycles. The summed E-state index contributed by atoms with van der Waals surface area (Å²) in [6.45, 7) is 4.33. The third-order valence-electron chi connectivity index (χ3n) is 3.64. The summed E-state index contributed by atoms with van der Waals surface area (Å²) in [5, 5.41) is 16.4. The lowest BCUT2D eigenvalue weighted by Gasteiger charge is -2.15. The van der Waals surface area contributed by atoms with E-state index in [0.29, 0.717) is 11.7 Å². The molecule has 3 nitrogen and oxygen atoms in total. The molecule has 0 radical (unpaired) electrons. The van der Waals surface area contributed by atoms with Gasteiger partial charge in [0, 0.05) is 17.1 Å². The van der Waals surface area contributed by atoms with Crippen LogP contribution < -0.4 is 5.32 Å². The maximum Gasteiger partial charge on any atom is 0.183 e. The predicted molar refractivity (Wildman–Crippen MR) is 74.4 cm³/mol. The monoisotopic (exact) mass is 260 g/mol. The van der Waals surface area contributed by atoms with E-state index >= 15 is 0 Å². The van der Waals surface area contributed by atoms with Crippen molar-refractivity contribution in [3.63, 3.8) is 0 Å². The summed E-state index contributed by atoms with van der Waals surface area (Å²) in [6, 6.07) is 3.96. The van der Waals surface area contributed by atoms with E-state index in [1.165, 1.54) is 11.1 Å². The maximum atomic E-state index is 10.1. The maximum absolute atomic E-state index is 10.1. The summed E-state index contributed by atoms with van der Waals surface area (Å²) in [4.78, 5) is 4.26. The zero-order chi connectivity index (χ0) is 12.7. The Kier molecular flexibility index (Phi) is 2.74. The number of hydrogen-bond donors (Lipinski definition) is 2. The number of benzene rings is 1. The fourth-order valence-electron chi connectivity index (χ4n) is 2.92. The van der Waals surface area contributed by atoms with Gasteiger partial charge < -0.3 is 10.4 Å². The van der Waals surface area contributed by atoms with E-state index in [4.69, 9.17) is 0 Å². The van der Waals surface area contributed by atoms with Gasteiger partial charge in [-0.25, -0.2) is 4.98 Å². The van der Waals surface area contributed by atoms with Gasteiger partial charge in [-0.3, -0.25) is 0 Å².